The first-order chi connectivity index (χ1) is 39.0. The van der Waals surface area contributed by atoms with E-state index in [0.29, 0.717) is 19.3 Å². The molecule has 0 N–H and O–H groups in total. The van der Waals surface area contributed by atoms with Crippen molar-refractivity contribution in [2.45, 2.75) is 271 Å². The predicted molar refractivity (Wildman–Crippen MR) is 343 cm³/mol. The van der Waals surface area contributed by atoms with Gasteiger partial charge in [0.1, 0.15) is 13.2 Å². The van der Waals surface area contributed by atoms with Crippen LogP contribution in [-0.4, -0.2) is 37.2 Å². The number of hydrogen-bond donors (Lipinski definition) is 0. The van der Waals surface area contributed by atoms with Crippen molar-refractivity contribution in [3.8, 4) is 0 Å². The van der Waals surface area contributed by atoms with Gasteiger partial charge in [-0.05, 0) is 141 Å². The summed E-state index contributed by atoms with van der Waals surface area (Å²) in [6, 6.07) is 0. The van der Waals surface area contributed by atoms with Gasteiger partial charge in [-0.1, -0.05) is 262 Å². The van der Waals surface area contributed by atoms with Gasteiger partial charge in [-0.3, -0.25) is 14.4 Å². The number of unbranched alkanes of at least 4 members (excludes halogenated alkanes) is 19. The van der Waals surface area contributed by atoms with Crippen LogP contribution < -0.4 is 0 Å². The van der Waals surface area contributed by atoms with E-state index < -0.39 is 6.10 Å². The molecule has 0 aromatic carbocycles. The van der Waals surface area contributed by atoms with Crippen molar-refractivity contribution >= 4 is 17.9 Å². The van der Waals surface area contributed by atoms with Crippen molar-refractivity contribution < 1.29 is 28.6 Å². The minimum absolute atomic E-state index is 0.112. The minimum Gasteiger partial charge on any atom is -0.462 e. The van der Waals surface area contributed by atoms with E-state index in [4.69, 9.17) is 14.2 Å². The van der Waals surface area contributed by atoms with Crippen molar-refractivity contribution in [3.63, 3.8) is 0 Å². The van der Waals surface area contributed by atoms with Gasteiger partial charge < -0.3 is 14.2 Å². The molecule has 6 heteroatoms. The third-order valence-corrected chi connectivity index (χ3v) is 13.0. The smallest absolute Gasteiger partial charge is 0.306 e. The Balaban J connectivity index is 4.50. The lowest BCUT2D eigenvalue weighted by Crippen LogP contribution is -2.30. The van der Waals surface area contributed by atoms with Crippen LogP contribution in [0.4, 0.5) is 0 Å². The molecule has 0 amide bonds. The normalized spacial score (nSPS) is 13.2. The maximum Gasteiger partial charge on any atom is 0.306 e. The second kappa shape index (κ2) is 65.5. The van der Waals surface area contributed by atoms with Gasteiger partial charge in [0.15, 0.2) is 6.10 Å². The Bertz CT molecular complexity index is 1780. The summed E-state index contributed by atoms with van der Waals surface area (Å²) < 4.78 is 16.9. The second-order valence-corrected chi connectivity index (χ2v) is 20.5. The van der Waals surface area contributed by atoms with Crippen LogP contribution in [0.1, 0.15) is 265 Å². The standard InChI is InChI=1S/C73H116O6/c1-4-7-10-13-16-19-22-25-28-31-33-34-35-36-37-38-40-42-45-48-51-54-57-60-63-66-72(75)78-69-70(68-77-71(74)65-62-59-56-53-50-47-44-41-30-27-24-21-18-15-12-9-6-3)79-73(76)67-64-61-58-55-52-49-46-43-39-32-29-26-23-20-17-14-11-8-5-2/h7,9-10,12,16-21,25-30,33-34,36-37,40,42,44,47,53,56,70H,4-6,8,11,13-15,22-24,31-32,35,38-39,41,43,45-46,48-52,54-55,57-69H2,1-3H3/b10-7-,12-9-,19-16-,20-17-,21-18-,28-25-,29-26-,30-27-,34-33-,37-36-,42-40-,47-44-,56-53-. The Labute approximate surface area is 486 Å². The molecule has 0 radical (unpaired) electrons. The Kier molecular flexibility index (Phi) is 61.4. The van der Waals surface area contributed by atoms with E-state index >= 15 is 0 Å². The molecular formula is C73H116O6. The molecule has 0 aromatic heterocycles. The fraction of sp³-hybridized carbons (Fsp3) is 0.603. The average molecular weight is 1090 g/mol. The highest BCUT2D eigenvalue weighted by Gasteiger charge is 2.19. The Hall–Kier alpha value is -4.97. The summed E-state index contributed by atoms with van der Waals surface area (Å²) in [4.78, 5) is 38.3. The van der Waals surface area contributed by atoms with E-state index in [1.165, 1.54) is 83.5 Å². The Morgan fingerprint density at radius 3 is 0.823 bits per heavy atom. The summed E-state index contributed by atoms with van der Waals surface area (Å²) in [5.74, 6) is -0.992. The highest BCUT2D eigenvalue weighted by molar-refractivity contribution is 5.71. The summed E-state index contributed by atoms with van der Waals surface area (Å²) in [5, 5.41) is 0. The lowest BCUT2D eigenvalue weighted by atomic mass is 10.1. The van der Waals surface area contributed by atoms with Gasteiger partial charge in [-0.25, -0.2) is 0 Å². The largest absolute Gasteiger partial charge is 0.462 e. The number of rotatable bonds is 56. The lowest BCUT2D eigenvalue weighted by molar-refractivity contribution is -0.167. The van der Waals surface area contributed by atoms with Gasteiger partial charge in [-0.15, -0.1) is 0 Å². The summed E-state index contributed by atoms with van der Waals surface area (Å²) in [6.45, 7) is 6.32. The molecule has 6 nitrogen and oxygen atoms in total. The number of ether oxygens (including phenoxy) is 3. The van der Waals surface area contributed by atoms with E-state index in [-0.39, 0.29) is 37.5 Å². The van der Waals surface area contributed by atoms with Crippen LogP contribution in [0.3, 0.4) is 0 Å². The van der Waals surface area contributed by atoms with Crippen LogP contribution >= 0.6 is 0 Å². The van der Waals surface area contributed by atoms with Crippen molar-refractivity contribution in [1.82, 2.24) is 0 Å². The molecular weight excluding hydrogens is 973 g/mol. The highest BCUT2D eigenvalue weighted by Crippen LogP contribution is 2.14. The molecule has 1 atom stereocenters. The zero-order valence-corrected chi connectivity index (χ0v) is 50.8. The summed E-state index contributed by atoms with van der Waals surface area (Å²) in [6.07, 6.45) is 95.3. The first-order valence-electron chi connectivity index (χ1n) is 32.0. The fourth-order valence-electron chi connectivity index (χ4n) is 8.28. The first-order valence-corrected chi connectivity index (χ1v) is 32.0. The molecule has 0 bridgehead atoms. The molecule has 444 valence electrons. The quantitative estimate of drug-likeness (QED) is 0.0261. The van der Waals surface area contributed by atoms with Crippen LogP contribution in [0.2, 0.25) is 0 Å². The van der Waals surface area contributed by atoms with E-state index in [0.717, 1.165) is 135 Å². The summed E-state index contributed by atoms with van der Waals surface area (Å²) in [5.41, 5.74) is 0. The van der Waals surface area contributed by atoms with E-state index in [9.17, 15) is 14.4 Å². The predicted octanol–water partition coefficient (Wildman–Crippen LogP) is 22.1. The maximum absolute atomic E-state index is 12.9. The topological polar surface area (TPSA) is 78.9 Å². The van der Waals surface area contributed by atoms with Crippen LogP contribution in [-0.2, 0) is 28.6 Å². The second-order valence-electron chi connectivity index (χ2n) is 20.5. The Morgan fingerprint density at radius 1 is 0.266 bits per heavy atom. The molecule has 0 aliphatic rings. The van der Waals surface area contributed by atoms with Crippen LogP contribution in [0.5, 0.6) is 0 Å². The molecule has 0 rings (SSSR count). The highest BCUT2D eigenvalue weighted by atomic mass is 16.6. The van der Waals surface area contributed by atoms with Gasteiger partial charge in [-0.2, -0.15) is 0 Å². The fourth-order valence-corrected chi connectivity index (χ4v) is 8.28. The molecule has 0 heterocycles. The molecule has 0 aromatic rings. The SMILES string of the molecule is CC/C=C\C/C=C\C/C=C\C/C=C\C/C=C\C/C=C\CCCCCCCCC(=O)OCC(COC(=O)CCC/C=C\C/C=C\C/C=C\C/C=C\C/C=C\CC)OC(=O)CCCCCCCCCCC/C=C\C/C=C\CCCCC. The third-order valence-electron chi connectivity index (χ3n) is 13.0. The van der Waals surface area contributed by atoms with Gasteiger partial charge in [0.25, 0.3) is 0 Å². The van der Waals surface area contributed by atoms with Gasteiger partial charge >= 0.3 is 17.9 Å². The monoisotopic (exact) mass is 1090 g/mol. The summed E-state index contributed by atoms with van der Waals surface area (Å²) >= 11 is 0. The number of esters is 3. The molecule has 0 aliphatic heterocycles. The number of allylic oxidation sites excluding steroid dienone is 26. The molecule has 1 unspecified atom stereocenters. The van der Waals surface area contributed by atoms with Crippen molar-refractivity contribution in [1.29, 1.82) is 0 Å². The first kappa shape index (κ1) is 74.0. The van der Waals surface area contributed by atoms with Crippen LogP contribution in [0, 0.1) is 0 Å². The minimum atomic E-state index is -0.819. The number of carbonyl (C=O) groups excluding carboxylic acids is 3. The van der Waals surface area contributed by atoms with Crippen molar-refractivity contribution in [2.24, 2.45) is 0 Å². The Morgan fingerprint density at radius 2 is 0.506 bits per heavy atom. The van der Waals surface area contributed by atoms with Crippen LogP contribution in [0.15, 0.2) is 158 Å². The van der Waals surface area contributed by atoms with E-state index in [1.54, 1.807) is 0 Å². The van der Waals surface area contributed by atoms with Gasteiger partial charge in [0, 0.05) is 19.3 Å². The molecule has 0 saturated carbocycles. The van der Waals surface area contributed by atoms with E-state index in [2.05, 4.69) is 179 Å². The molecule has 0 saturated heterocycles. The molecule has 0 spiro atoms. The maximum atomic E-state index is 12.9. The molecule has 79 heavy (non-hydrogen) atoms. The van der Waals surface area contributed by atoms with Gasteiger partial charge in [0.2, 0.25) is 0 Å². The number of carbonyl (C=O) groups is 3. The molecule has 0 aliphatic carbocycles. The zero-order valence-electron chi connectivity index (χ0n) is 50.8. The number of hydrogen-bond acceptors (Lipinski definition) is 6. The van der Waals surface area contributed by atoms with Crippen molar-refractivity contribution in [2.75, 3.05) is 13.2 Å². The third kappa shape index (κ3) is 63.7. The van der Waals surface area contributed by atoms with E-state index in [1.807, 2.05) is 0 Å². The van der Waals surface area contributed by atoms with Gasteiger partial charge in [0.05, 0.1) is 0 Å². The summed E-state index contributed by atoms with van der Waals surface area (Å²) in [7, 11) is 0. The average Bonchev–Trinajstić information content (AvgIpc) is 3.45. The lowest BCUT2D eigenvalue weighted by Gasteiger charge is -2.18. The van der Waals surface area contributed by atoms with Crippen molar-refractivity contribution in [3.05, 3.63) is 158 Å². The van der Waals surface area contributed by atoms with Crippen LogP contribution in [0.25, 0.3) is 0 Å². The zero-order chi connectivity index (χ0) is 57.1. The molecule has 0 fully saturated rings.